The number of aromatic hydroxyl groups is 1. The average Bonchev–Trinajstić information content (AvgIpc) is 2.66. The number of nitrogens with zero attached hydrogens (tertiary/aromatic N) is 2. The first-order chi connectivity index (χ1) is 12.7. The van der Waals surface area contributed by atoms with Crippen molar-refractivity contribution < 1.29 is 14.6 Å². The van der Waals surface area contributed by atoms with Gasteiger partial charge in [-0.15, -0.1) is 0 Å². The summed E-state index contributed by atoms with van der Waals surface area (Å²) in [5, 5.41) is 12.7. The van der Waals surface area contributed by atoms with Crippen molar-refractivity contribution in [1.82, 2.24) is 10.2 Å². The molecule has 3 rings (SSSR count). The van der Waals surface area contributed by atoms with Crippen LogP contribution in [0.4, 0.5) is 0 Å². The maximum atomic E-state index is 9.38. The van der Waals surface area contributed by atoms with E-state index in [0.29, 0.717) is 26.3 Å². The number of guanidine groups is 1. The Balaban J connectivity index is 1.68. The third-order valence-corrected chi connectivity index (χ3v) is 4.07. The first-order valence-corrected chi connectivity index (χ1v) is 8.81. The maximum absolute atomic E-state index is 9.38. The van der Waals surface area contributed by atoms with Gasteiger partial charge in [0.25, 0.3) is 0 Å². The Hall–Kier alpha value is -2.89. The van der Waals surface area contributed by atoms with Gasteiger partial charge >= 0.3 is 0 Å². The second-order valence-electron chi connectivity index (χ2n) is 6.17. The Kier molecular flexibility index (Phi) is 5.84. The van der Waals surface area contributed by atoms with Gasteiger partial charge in [-0.1, -0.05) is 18.2 Å². The summed E-state index contributed by atoms with van der Waals surface area (Å²) < 4.78 is 11.2. The van der Waals surface area contributed by atoms with Crippen molar-refractivity contribution in [3.8, 4) is 17.2 Å². The Bertz CT molecular complexity index is 759. The van der Waals surface area contributed by atoms with Gasteiger partial charge < -0.3 is 24.8 Å². The molecule has 2 N–H and O–H groups in total. The summed E-state index contributed by atoms with van der Waals surface area (Å²) >= 11 is 0. The Labute approximate surface area is 154 Å². The first-order valence-electron chi connectivity index (χ1n) is 8.81. The predicted molar refractivity (Wildman–Crippen MR) is 102 cm³/mol. The lowest BCUT2D eigenvalue weighted by Gasteiger charge is -2.24. The number of fused-ring (bicyclic) bond motifs is 1. The number of phenols is 1. The van der Waals surface area contributed by atoms with E-state index < -0.39 is 0 Å². The number of hydrogen-bond donors (Lipinski definition) is 2. The van der Waals surface area contributed by atoms with Gasteiger partial charge in [-0.2, -0.15) is 0 Å². The van der Waals surface area contributed by atoms with Gasteiger partial charge in [0.05, 0.1) is 6.54 Å². The third kappa shape index (κ3) is 4.59. The van der Waals surface area contributed by atoms with E-state index in [2.05, 4.69) is 10.2 Å². The molecule has 6 heteroatoms. The monoisotopic (exact) mass is 355 g/mol. The van der Waals surface area contributed by atoms with E-state index in [-0.39, 0.29) is 5.75 Å². The smallest absolute Gasteiger partial charge is 0.194 e. The molecule has 0 amide bonds. The van der Waals surface area contributed by atoms with Crippen molar-refractivity contribution in [2.75, 3.05) is 26.8 Å². The molecule has 0 aromatic heterocycles. The van der Waals surface area contributed by atoms with Gasteiger partial charge in [0.15, 0.2) is 17.5 Å². The van der Waals surface area contributed by atoms with E-state index in [1.165, 1.54) is 0 Å². The summed E-state index contributed by atoms with van der Waals surface area (Å²) in [7, 11) is 2.01. The molecular formula is C20H25N3O3. The Morgan fingerprint density at radius 2 is 1.77 bits per heavy atom. The minimum atomic E-state index is 0.264. The summed E-state index contributed by atoms with van der Waals surface area (Å²) in [6, 6.07) is 13.1. The lowest BCUT2D eigenvalue weighted by atomic mass is 10.2. The molecule has 0 atom stereocenters. The van der Waals surface area contributed by atoms with Gasteiger partial charge in [0.1, 0.15) is 19.0 Å². The standard InChI is InChI=1S/C20H25N3O3/c1-3-21-20(22-13-15-4-7-17(24)8-5-15)23(2)14-16-6-9-18-19(12-16)26-11-10-25-18/h4-9,12,24H,3,10-11,13-14H2,1-2H3,(H,21,22). The van der Waals surface area contributed by atoms with Crippen LogP contribution in [0.15, 0.2) is 47.5 Å². The minimum absolute atomic E-state index is 0.264. The zero-order valence-corrected chi connectivity index (χ0v) is 15.2. The molecule has 138 valence electrons. The van der Waals surface area contributed by atoms with Crippen molar-refractivity contribution >= 4 is 5.96 Å². The molecule has 0 radical (unpaired) electrons. The highest BCUT2D eigenvalue weighted by molar-refractivity contribution is 5.79. The third-order valence-electron chi connectivity index (χ3n) is 4.07. The van der Waals surface area contributed by atoms with Crippen molar-refractivity contribution in [2.45, 2.75) is 20.0 Å². The molecule has 0 unspecified atom stereocenters. The van der Waals surface area contributed by atoms with Crippen LogP contribution < -0.4 is 14.8 Å². The molecule has 6 nitrogen and oxygen atoms in total. The van der Waals surface area contributed by atoms with E-state index in [1.807, 2.05) is 44.3 Å². The number of nitrogens with one attached hydrogen (secondary N) is 1. The van der Waals surface area contributed by atoms with Crippen LogP contribution in [-0.4, -0.2) is 42.8 Å². The van der Waals surface area contributed by atoms with Crippen LogP contribution in [0.5, 0.6) is 17.2 Å². The van der Waals surface area contributed by atoms with Gasteiger partial charge in [-0.3, -0.25) is 0 Å². The summed E-state index contributed by atoms with van der Waals surface area (Å²) in [6.07, 6.45) is 0. The largest absolute Gasteiger partial charge is 0.508 e. The molecule has 0 spiro atoms. The molecule has 0 saturated carbocycles. The summed E-state index contributed by atoms with van der Waals surface area (Å²) in [5.41, 5.74) is 2.18. The number of benzene rings is 2. The molecular weight excluding hydrogens is 330 g/mol. The molecule has 0 bridgehead atoms. The molecule has 0 aliphatic carbocycles. The maximum Gasteiger partial charge on any atom is 0.194 e. The van der Waals surface area contributed by atoms with E-state index in [9.17, 15) is 5.11 Å². The SMILES string of the molecule is CCNC(=NCc1ccc(O)cc1)N(C)Cc1ccc2c(c1)OCCO2. The molecule has 26 heavy (non-hydrogen) atoms. The van der Waals surface area contributed by atoms with E-state index in [4.69, 9.17) is 14.5 Å². The van der Waals surface area contributed by atoms with Crippen LogP contribution >= 0.6 is 0 Å². The highest BCUT2D eigenvalue weighted by Crippen LogP contribution is 2.31. The quantitative estimate of drug-likeness (QED) is 0.638. The zero-order chi connectivity index (χ0) is 18.4. The van der Waals surface area contributed by atoms with Crippen molar-refractivity contribution in [2.24, 2.45) is 4.99 Å². The summed E-state index contributed by atoms with van der Waals surface area (Å²) in [4.78, 5) is 6.77. The zero-order valence-electron chi connectivity index (χ0n) is 15.2. The fourth-order valence-corrected chi connectivity index (χ4v) is 2.77. The molecule has 1 aliphatic rings. The summed E-state index contributed by atoms with van der Waals surface area (Å²) in [6.45, 7) is 5.28. The van der Waals surface area contributed by atoms with Gasteiger partial charge in [-0.05, 0) is 42.3 Å². The number of rotatable bonds is 5. The van der Waals surface area contributed by atoms with Gasteiger partial charge in [-0.25, -0.2) is 4.99 Å². The highest BCUT2D eigenvalue weighted by atomic mass is 16.6. The topological polar surface area (TPSA) is 66.3 Å². The van der Waals surface area contributed by atoms with Crippen LogP contribution in [-0.2, 0) is 13.1 Å². The Morgan fingerprint density at radius 3 is 2.50 bits per heavy atom. The second kappa shape index (κ2) is 8.47. The van der Waals surface area contributed by atoms with Crippen LogP contribution in [0.2, 0.25) is 0 Å². The molecule has 1 heterocycles. The fourth-order valence-electron chi connectivity index (χ4n) is 2.77. The normalized spacial score (nSPS) is 13.4. The first kappa shape index (κ1) is 17.9. The number of ether oxygens (including phenoxy) is 2. The highest BCUT2D eigenvalue weighted by Gasteiger charge is 2.13. The van der Waals surface area contributed by atoms with Crippen LogP contribution in [0.25, 0.3) is 0 Å². The van der Waals surface area contributed by atoms with Crippen LogP contribution in [0.1, 0.15) is 18.1 Å². The van der Waals surface area contributed by atoms with Crippen LogP contribution in [0.3, 0.4) is 0 Å². The van der Waals surface area contributed by atoms with E-state index in [0.717, 1.165) is 35.1 Å². The fraction of sp³-hybridized carbons (Fsp3) is 0.350. The Morgan fingerprint density at radius 1 is 1.08 bits per heavy atom. The van der Waals surface area contributed by atoms with Crippen molar-refractivity contribution in [3.63, 3.8) is 0 Å². The molecule has 2 aromatic carbocycles. The molecule has 0 saturated heterocycles. The van der Waals surface area contributed by atoms with Crippen molar-refractivity contribution in [1.29, 1.82) is 0 Å². The molecule has 2 aromatic rings. The minimum Gasteiger partial charge on any atom is -0.508 e. The second-order valence-corrected chi connectivity index (χ2v) is 6.17. The molecule has 1 aliphatic heterocycles. The van der Waals surface area contributed by atoms with E-state index in [1.54, 1.807) is 12.1 Å². The lowest BCUT2D eigenvalue weighted by Crippen LogP contribution is -2.38. The van der Waals surface area contributed by atoms with Gasteiger partial charge in [0, 0.05) is 20.1 Å². The summed E-state index contributed by atoms with van der Waals surface area (Å²) in [5.74, 6) is 2.69. The number of aliphatic imine (C=N–C) groups is 1. The predicted octanol–water partition coefficient (Wildman–Crippen LogP) is 2.76. The number of hydrogen-bond acceptors (Lipinski definition) is 4. The average molecular weight is 355 g/mol. The van der Waals surface area contributed by atoms with Crippen molar-refractivity contribution in [3.05, 3.63) is 53.6 Å². The van der Waals surface area contributed by atoms with E-state index >= 15 is 0 Å². The molecule has 0 fully saturated rings. The lowest BCUT2D eigenvalue weighted by molar-refractivity contribution is 0.171. The van der Waals surface area contributed by atoms with Gasteiger partial charge in [0.2, 0.25) is 0 Å². The number of phenolic OH excluding ortho intramolecular Hbond substituents is 1. The van der Waals surface area contributed by atoms with Crippen LogP contribution in [0, 0.1) is 0 Å².